The molecule has 0 radical (unpaired) electrons. The fraction of sp³-hybridized carbons (Fsp3) is 0.261. The summed E-state index contributed by atoms with van der Waals surface area (Å²) in [5.74, 6) is -0.453. The van der Waals surface area contributed by atoms with Gasteiger partial charge in [-0.25, -0.2) is 9.07 Å². The molecule has 0 bridgehead atoms. The molecule has 1 aromatic heterocycles. The zero-order valence-electron chi connectivity index (χ0n) is 17.6. The van der Waals surface area contributed by atoms with E-state index in [4.69, 9.17) is 33.0 Å². The molecule has 2 unspecified atom stereocenters. The second-order valence-corrected chi connectivity index (χ2v) is 8.79. The highest BCUT2D eigenvalue weighted by atomic mass is 35.5. The number of nitrogens with zero attached hydrogens (tertiary/aromatic N) is 3. The number of aryl methyl sites for hydroxylation is 1. The Kier molecular flexibility index (Phi) is 5.72. The first-order valence-corrected chi connectivity index (χ1v) is 11.2. The van der Waals surface area contributed by atoms with Crippen LogP contribution >= 0.6 is 23.2 Å². The molecule has 2 aliphatic heterocycles. The first-order chi connectivity index (χ1) is 15.9. The molecule has 0 fully saturated rings. The minimum atomic E-state index is -0.682. The summed E-state index contributed by atoms with van der Waals surface area (Å²) < 4.78 is 21.0. The van der Waals surface area contributed by atoms with Crippen molar-refractivity contribution in [1.82, 2.24) is 20.4 Å². The topological polar surface area (TPSA) is 80.5 Å². The van der Waals surface area contributed by atoms with Crippen LogP contribution in [0.2, 0.25) is 10.0 Å². The zero-order chi connectivity index (χ0) is 23.1. The molecule has 1 aromatic carbocycles. The lowest BCUT2D eigenvalue weighted by atomic mass is 9.93. The summed E-state index contributed by atoms with van der Waals surface area (Å²) in [4.78, 5) is 17.1. The van der Waals surface area contributed by atoms with Crippen LogP contribution in [0.25, 0.3) is 5.70 Å². The molecule has 1 aliphatic carbocycles. The lowest BCUT2D eigenvalue weighted by Crippen LogP contribution is -2.38. The predicted molar refractivity (Wildman–Crippen MR) is 125 cm³/mol. The van der Waals surface area contributed by atoms with Gasteiger partial charge in [0.2, 0.25) is 0 Å². The molecular weight excluding hydrogens is 468 g/mol. The fourth-order valence-corrected chi connectivity index (χ4v) is 4.69. The molecule has 33 heavy (non-hydrogen) atoms. The number of carbonyl (C=O) groups is 1. The van der Waals surface area contributed by atoms with Crippen molar-refractivity contribution in [3.05, 3.63) is 80.8 Å². The molecular formula is C23H20Cl2FN5O2. The third-order valence-electron chi connectivity index (χ3n) is 5.90. The smallest absolute Gasteiger partial charge is 0.253 e. The van der Waals surface area contributed by atoms with Gasteiger partial charge in [-0.15, -0.1) is 0 Å². The van der Waals surface area contributed by atoms with Crippen molar-refractivity contribution >= 4 is 41.0 Å². The number of methoxy groups -OCH3 is 1. The number of allylic oxidation sites excluding steroid dienone is 3. The predicted octanol–water partition coefficient (Wildman–Crippen LogP) is 3.89. The van der Waals surface area contributed by atoms with E-state index in [1.807, 2.05) is 29.1 Å². The number of carbonyl (C=O) groups excluding carboxylic acids is 1. The van der Waals surface area contributed by atoms with Crippen molar-refractivity contribution in [2.45, 2.75) is 31.3 Å². The summed E-state index contributed by atoms with van der Waals surface area (Å²) in [7, 11) is 1.61. The Hall–Kier alpha value is -3.10. The maximum atomic E-state index is 13.8. The van der Waals surface area contributed by atoms with Crippen LogP contribution in [0.4, 0.5) is 4.39 Å². The van der Waals surface area contributed by atoms with E-state index in [-0.39, 0.29) is 27.7 Å². The van der Waals surface area contributed by atoms with Crippen LogP contribution in [0.5, 0.6) is 0 Å². The van der Waals surface area contributed by atoms with E-state index < -0.39 is 11.7 Å². The van der Waals surface area contributed by atoms with Crippen molar-refractivity contribution in [2.24, 2.45) is 4.99 Å². The number of hydrogen-bond acceptors (Lipinski definition) is 5. The van der Waals surface area contributed by atoms with Gasteiger partial charge in [0.1, 0.15) is 11.9 Å². The van der Waals surface area contributed by atoms with Gasteiger partial charge < -0.3 is 15.4 Å². The van der Waals surface area contributed by atoms with Crippen LogP contribution in [0.1, 0.15) is 28.0 Å². The SMILES string of the molecule is COC1=CC=C2N=CC=C(n3cc4c(n3)CCC(NC(=O)c3cc(F)c(Cl)cc3Cl)C4)C2N1. The molecule has 170 valence electrons. The average Bonchev–Trinajstić information content (AvgIpc) is 3.23. The van der Waals surface area contributed by atoms with Gasteiger partial charge in [-0.3, -0.25) is 9.79 Å². The molecule has 0 saturated carbocycles. The molecule has 7 nitrogen and oxygen atoms in total. The van der Waals surface area contributed by atoms with Gasteiger partial charge >= 0.3 is 0 Å². The Morgan fingerprint density at radius 1 is 1.27 bits per heavy atom. The van der Waals surface area contributed by atoms with E-state index in [2.05, 4.69) is 15.6 Å². The molecule has 3 heterocycles. The highest BCUT2D eigenvalue weighted by Crippen LogP contribution is 2.29. The quantitative estimate of drug-likeness (QED) is 0.641. The fourth-order valence-electron chi connectivity index (χ4n) is 4.22. The second kappa shape index (κ2) is 8.68. The number of aromatic nitrogens is 2. The van der Waals surface area contributed by atoms with Crippen molar-refractivity contribution in [3.8, 4) is 0 Å². The summed E-state index contributed by atoms with van der Waals surface area (Å²) in [6.07, 6.45) is 11.5. The minimum absolute atomic E-state index is 0.0661. The number of halogens is 3. The summed E-state index contributed by atoms with van der Waals surface area (Å²) in [6.45, 7) is 0. The number of rotatable bonds is 4. The van der Waals surface area contributed by atoms with Crippen molar-refractivity contribution < 1.29 is 13.9 Å². The average molecular weight is 488 g/mol. The van der Waals surface area contributed by atoms with E-state index in [0.29, 0.717) is 25.1 Å². The largest absolute Gasteiger partial charge is 0.482 e. The normalized spacial score (nSPS) is 21.2. The summed E-state index contributed by atoms with van der Waals surface area (Å²) in [5.41, 5.74) is 3.91. The van der Waals surface area contributed by atoms with Crippen LogP contribution in [0.15, 0.2) is 53.1 Å². The lowest BCUT2D eigenvalue weighted by molar-refractivity contribution is 0.0933. The number of aliphatic imine (C=N–C) groups is 1. The van der Waals surface area contributed by atoms with E-state index in [1.165, 1.54) is 6.07 Å². The number of hydrogen-bond donors (Lipinski definition) is 2. The van der Waals surface area contributed by atoms with Gasteiger partial charge in [-0.2, -0.15) is 5.10 Å². The Morgan fingerprint density at radius 3 is 2.94 bits per heavy atom. The number of fused-ring (bicyclic) bond motifs is 2. The lowest BCUT2D eigenvalue weighted by Gasteiger charge is -2.28. The summed E-state index contributed by atoms with van der Waals surface area (Å²) in [5, 5.41) is 11.1. The van der Waals surface area contributed by atoms with Gasteiger partial charge in [0.05, 0.1) is 39.8 Å². The molecule has 10 heteroatoms. The van der Waals surface area contributed by atoms with Gasteiger partial charge in [-0.05, 0) is 55.2 Å². The van der Waals surface area contributed by atoms with E-state index >= 15 is 0 Å². The van der Waals surface area contributed by atoms with Crippen LogP contribution in [-0.2, 0) is 17.6 Å². The molecule has 0 spiro atoms. The molecule has 1 amide bonds. The van der Waals surface area contributed by atoms with Gasteiger partial charge in [0.25, 0.3) is 5.91 Å². The first kappa shape index (κ1) is 21.7. The highest BCUT2D eigenvalue weighted by molar-refractivity contribution is 6.36. The third-order valence-corrected chi connectivity index (χ3v) is 6.50. The maximum absolute atomic E-state index is 13.8. The molecule has 2 N–H and O–H groups in total. The Bertz CT molecular complexity index is 1260. The molecule has 3 aliphatic rings. The minimum Gasteiger partial charge on any atom is -0.482 e. The molecule has 2 atom stereocenters. The number of dihydropyridines is 2. The van der Waals surface area contributed by atoms with Crippen LogP contribution < -0.4 is 10.6 Å². The Balaban J connectivity index is 1.32. The van der Waals surface area contributed by atoms with Gasteiger partial charge in [0, 0.05) is 18.5 Å². The number of nitrogens with one attached hydrogen (secondary N) is 2. The monoisotopic (exact) mass is 487 g/mol. The molecule has 2 aromatic rings. The van der Waals surface area contributed by atoms with E-state index in [1.54, 1.807) is 13.3 Å². The Morgan fingerprint density at radius 2 is 2.12 bits per heavy atom. The van der Waals surface area contributed by atoms with Crippen LogP contribution in [0.3, 0.4) is 0 Å². The van der Waals surface area contributed by atoms with Crippen molar-refractivity contribution in [2.75, 3.05) is 7.11 Å². The molecule has 5 rings (SSSR count). The van der Waals surface area contributed by atoms with E-state index in [9.17, 15) is 9.18 Å². The molecule has 0 saturated heterocycles. The third kappa shape index (κ3) is 4.16. The number of benzene rings is 1. The van der Waals surface area contributed by atoms with Crippen LogP contribution in [-0.4, -0.2) is 41.1 Å². The summed E-state index contributed by atoms with van der Waals surface area (Å²) >= 11 is 11.8. The first-order valence-electron chi connectivity index (χ1n) is 10.4. The summed E-state index contributed by atoms with van der Waals surface area (Å²) in [6, 6.07) is 2.01. The van der Waals surface area contributed by atoms with E-state index in [0.717, 1.165) is 28.7 Å². The Labute approximate surface area is 199 Å². The van der Waals surface area contributed by atoms with Gasteiger partial charge in [0.15, 0.2) is 5.88 Å². The highest BCUT2D eigenvalue weighted by Gasteiger charge is 2.29. The number of amides is 1. The zero-order valence-corrected chi connectivity index (χ0v) is 19.1. The van der Waals surface area contributed by atoms with Crippen molar-refractivity contribution in [3.63, 3.8) is 0 Å². The maximum Gasteiger partial charge on any atom is 0.253 e. The van der Waals surface area contributed by atoms with Gasteiger partial charge in [-0.1, -0.05) is 23.2 Å². The standard InChI is InChI=1S/C23H20Cl2FN5O2/c1-33-21-5-4-19-22(29-21)20(6-7-27-19)31-11-12-8-13(2-3-18(12)30-31)28-23(32)14-9-17(26)16(25)10-15(14)24/h4-7,9-11,13,22,29H,2-3,8H2,1H3,(H,28,32). The van der Waals surface area contributed by atoms with Crippen LogP contribution in [0, 0.1) is 5.82 Å². The van der Waals surface area contributed by atoms with Crippen molar-refractivity contribution in [1.29, 1.82) is 0 Å². The number of ether oxygens (including phenoxy) is 1. The second-order valence-electron chi connectivity index (χ2n) is 7.98.